The summed E-state index contributed by atoms with van der Waals surface area (Å²) < 4.78 is 9.99. The van der Waals surface area contributed by atoms with Crippen LogP contribution >= 0.6 is 0 Å². The zero-order chi connectivity index (χ0) is 31.4. The van der Waals surface area contributed by atoms with Gasteiger partial charge in [-0.1, -0.05) is 50.2 Å². The van der Waals surface area contributed by atoms with Gasteiger partial charge in [0.15, 0.2) is 5.65 Å². The lowest BCUT2D eigenvalue weighted by Gasteiger charge is -2.40. The Hall–Kier alpha value is -5.00. The Balaban J connectivity index is 1.55. The van der Waals surface area contributed by atoms with Gasteiger partial charge in [-0.15, -0.1) is 0 Å². The van der Waals surface area contributed by atoms with Crippen molar-refractivity contribution < 1.29 is 9.53 Å². The number of aryl methyl sites for hydroxylation is 1. The molecule has 1 atom stereocenters. The topological polar surface area (TPSA) is 111 Å². The number of benzene rings is 1. The maximum atomic E-state index is 14.3. The molecule has 0 N–H and O–H groups in total. The van der Waals surface area contributed by atoms with Gasteiger partial charge in [0.05, 0.1) is 35.1 Å². The van der Waals surface area contributed by atoms with Crippen molar-refractivity contribution in [2.75, 3.05) is 31.1 Å². The summed E-state index contributed by atoms with van der Waals surface area (Å²) in [6.07, 6.45) is 5.67. The van der Waals surface area contributed by atoms with E-state index in [1.54, 1.807) is 21.7 Å². The summed E-state index contributed by atoms with van der Waals surface area (Å²) in [5.41, 5.74) is 4.96. The maximum absolute atomic E-state index is 14.3. The molecule has 2 bridgehead atoms. The van der Waals surface area contributed by atoms with Crippen molar-refractivity contribution in [3.8, 4) is 22.7 Å². The molecular weight excluding hydrogens is 567 g/mol. The molecular formula is C33H35BN8O3. The Morgan fingerprint density at radius 1 is 1.18 bits per heavy atom. The first-order valence-corrected chi connectivity index (χ1v) is 15.5. The van der Waals surface area contributed by atoms with Crippen LogP contribution in [0.2, 0.25) is 0 Å². The Labute approximate surface area is 261 Å². The van der Waals surface area contributed by atoms with Crippen molar-refractivity contribution in [1.82, 2.24) is 34.2 Å². The number of rotatable bonds is 3. The normalized spacial score (nSPS) is 16.7. The molecule has 11 nitrogen and oxygen atoms in total. The lowest BCUT2D eigenvalue weighted by molar-refractivity contribution is -0.126. The summed E-state index contributed by atoms with van der Waals surface area (Å²) in [4.78, 5) is 45.4. The highest BCUT2D eigenvalue weighted by molar-refractivity contribution is 6.37. The van der Waals surface area contributed by atoms with Gasteiger partial charge in [-0.2, -0.15) is 10.1 Å². The Bertz CT molecular complexity index is 2050. The summed E-state index contributed by atoms with van der Waals surface area (Å²) in [6, 6.07) is 9.93. The van der Waals surface area contributed by atoms with Crippen LogP contribution in [0.25, 0.3) is 38.9 Å². The monoisotopic (exact) mass is 602 g/mol. The molecule has 0 aliphatic carbocycles. The summed E-state index contributed by atoms with van der Waals surface area (Å²) in [5.74, 6) is 1.01. The average molecular weight is 603 g/mol. The first kappa shape index (κ1) is 28.8. The number of hydrogen-bond acceptors (Lipinski definition) is 8. The predicted octanol–water partition coefficient (Wildman–Crippen LogP) is 2.58. The van der Waals surface area contributed by atoms with Gasteiger partial charge in [-0.3, -0.25) is 14.5 Å². The molecule has 0 saturated carbocycles. The molecule has 0 spiro atoms. The predicted molar refractivity (Wildman–Crippen MR) is 178 cm³/mol. The lowest BCUT2D eigenvalue weighted by Crippen LogP contribution is -2.54. The Kier molecular flexibility index (Phi) is 7.14. The largest absolute Gasteiger partial charge is 0.491 e. The second-order valence-corrected chi connectivity index (χ2v) is 12.1. The van der Waals surface area contributed by atoms with E-state index in [0.717, 1.165) is 38.7 Å². The van der Waals surface area contributed by atoms with Crippen molar-refractivity contribution in [2.24, 2.45) is 0 Å². The molecule has 4 aromatic heterocycles. The molecule has 1 saturated heterocycles. The van der Waals surface area contributed by atoms with Crippen LogP contribution in [-0.4, -0.2) is 80.2 Å². The Morgan fingerprint density at radius 3 is 2.80 bits per heavy atom. The third kappa shape index (κ3) is 4.75. The number of ether oxygens (including phenoxy) is 1. The molecule has 0 radical (unpaired) electrons. The van der Waals surface area contributed by atoms with E-state index in [4.69, 9.17) is 24.8 Å². The third-order valence-electron chi connectivity index (χ3n) is 8.80. The number of pyridine rings is 2. The molecule has 5 aromatic rings. The minimum Gasteiger partial charge on any atom is -0.491 e. The minimum atomic E-state index is -0.463. The lowest BCUT2D eigenvalue weighted by atomic mass is 9.89. The van der Waals surface area contributed by atoms with Gasteiger partial charge in [-0.25, -0.2) is 14.3 Å². The van der Waals surface area contributed by atoms with E-state index in [1.165, 1.54) is 6.08 Å². The SMILES string of the molecule is Bc1cc2c(N3CCN(C(=O)C=C)CC3C)nc(=O)n3c2nc1-c1cccc2cnn(c12)CCCOc1ccnc(C(C)C)c1-3. The average Bonchev–Trinajstić information content (AvgIpc) is 3.45. The number of carbonyl (C=O) groups is 1. The second-order valence-electron chi connectivity index (χ2n) is 12.1. The van der Waals surface area contributed by atoms with E-state index in [2.05, 4.69) is 29.7 Å². The van der Waals surface area contributed by atoms with Crippen LogP contribution < -0.4 is 20.8 Å². The van der Waals surface area contributed by atoms with Crippen LogP contribution in [0.3, 0.4) is 0 Å². The van der Waals surface area contributed by atoms with Crippen LogP contribution in [0.5, 0.6) is 5.75 Å². The molecule has 6 heterocycles. The van der Waals surface area contributed by atoms with Gasteiger partial charge >= 0.3 is 5.69 Å². The van der Waals surface area contributed by atoms with Crippen molar-refractivity contribution >= 4 is 47.0 Å². The van der Waals surface area contributed by atoms with Gasteiger partial charge in [0.2, 0.25) is 5.91 Å². The number of piperazine rings is 1. The summed E-state index contributed by atoms with van der Waals surface area (Å²) >= 11 is 0. The molecule has 12 heteroatoms. The molecule has 2 aliphatic rings. The third-order valence-corrected chi connectivity index (χ3v) is 8.80. The van der Waals surface area contributed by atoms with Crippen molar-refractivity contribution in [3.05, 3.63) is 71.6 Å². The molecule has 2 aliphatic heterocycles. The standard InChI is InChI=1S/C33H35BN8O3/c1-5-26(43)39-13-14-40(20(4)18-39)31-23-16-24(34)28-22-9-6-8-21-17-36-41(29(21)22)12-7-15-45-25-10-11-35-27(19(2)3)30(25)42(32(23)37-28)33(44)38-31/h5-6,8-11,16-17,19-20H,1,7,12-15,18,34H2,2-4H3. The summed E-state index contributed by atoms with van der Waals surface area (Å²) in [6.45, 7) is 12.4. The van der Waals surface area contributed by atoms with Crippen molar-refractivity contribution in [3.63, 3.8) is 0 Å². The molecule has 1 aromatic carbocycles. The number of nitrogens with zero attached hydrogens (tertiary/aromatic N) is 8. The fourth-order valence-corrected chi connectivity index (χ4v) is 6.64. The zero-order valence-corrected chi connectivity index (χ0v) is 26.0. The highest BCUT2D eigenvalue weighted by Crippen LogP contribution is 2.35. The highest BCUT2D eigenvalue weighted by Gasteiger charge is 2.31. The molecule has 228 valence electrons. The molecule has 45 heavy (non-hydrogen) atoms. The van der Waals surface area contributed by atoms with Gasteiger partial charge in [-0.05, 0) is 18.9 Å². The molecule has 1 amide bonds. The fourth-order valence-electron chi connectivity index (χ4n) is 6.64. The quantitative estimate of drug-likeness (QED) is 0.229. The van der Waals surface area contributed by atoms with E-state index in [0.29, 0.717) is 62.1 Å². The number of fused-ring (bicyclic) bond motifs is 4. The van der Waals surface area contributed by atoms with E-state index in [9.17, 15) is 9.59 Å². The molecule has 1 fully saturated rings. The van der Waals surface area contributed by atoms with Crippen LogP contribution in [0.1, 0.15) is 38.8 Å². The van der Waals surface area contributed by atoms with E-state index >= 15 is 0 Å². The van der Waals surface area contributed by atoms with Crippen LogP contribution in [0, 0.1) is 0 Å². The van der Waals surface area contributed by atoms with Gasteiger partial charge < -0.3 is 14.5 Å². The number of amides is 1. The summed E-state index contributed by atoms with van der Waals surface area (Å²) in [7, 11) is 2.04. The van der Waals surface area contributed by atoms with Crippen LogP contribution in [0.15, 0.2) is 60.2 Å². The number of hydrogen-bond donors (Lipinski definition) is 0. The smallest absolute Gasteiger partial charge is 0.356 e. The highest BCUT2D eigenvalue weighted by atomic mass is 16.5. The van der Waals surface area contributed by atoms with Gasteiger partial charge in [0, 0.05) is 61.9 Å². The second kappa shape index (κ2) is 11.2. The number of para-hydroxylation sites is 1. The molecule has 7 rings (SSSR count). The van der Waals surface area contributed by atoms with Gasteiger partial charge in [0.1, 0.15) is 25.1 Å². The van der Waals surface area contributed by atoms with Crippen LogP contribution in [0.4, 0.5) is 5.82 Å². The van der Waals surface area contributed by atoms with E-state index in [-0.39, 0.29) is 17.9 Å². The summed E-state index contributed by atoms with van der Waals surface area (Å²) in [5, 5.41) is 6.47. The van der Waals surface area contributed by atoms with Gasteiger partial charge in [0.25, 0.3) is 0 Å². The number of aromatic nitrogens is 6. The first-order chi connectivity index (χ1) is 21.8. The van der Waals surface area contributed by atoms with E-state index < -0.39 is 5.69 Å². The van der Waals surface area contributed by atoms with Crippen LogP contribution in [-0.2, 0) is 11.3 Å². The Morgan fingerprint density at radius 2 is 2.02 bits per heavy atom. The van der Waals surface area contributed by atoms with Crippen molar-refractivity contribution in [1.29, 1.82) is 0 Å². The fraction of sp³-hybridized carbons (Fsp3) is 0.333. The maximum Gasteiger partial charge on any atom is 0.356 e. The number of carbonyl (C=O) groups excluding carboxylic acids is 1. The number of anilines is 1. The molecule has 1 unspecified atom stereocenters. The van der Waals surface area contributed by atoms with E-state index in [1.807, 2.05) is 45.6 Å². The minimum absolute atomic E-state index is 0.0000142. The zero-order valence-electron chi connectivity index (χ0n) is 26.0. The first-order valence-electron chi connectivity index (χ1n) is 15.5. The van der Waals surface area contributed by atoms with Crippen molar-refractivity contribution in [2.45, 2.75) is 45.7 Å².